The van der Waals surface area contributed by atoms with Crippen LogP contribution in [0.2, 0.25) is 0 Å². The second-order valence-electron chi connectivity index (χ2n) is 5.02. The summed E-state index contributed by atoms with van der Waals surface area (Å²) in [6.07, 6.45) is 1.34. The van der Waals surface area contributed by atoms with Gasteiger partial charge in [0, 0.05) is 12.5 Å². The highest BCUT2D eigenvalue weighted by molar-refractivity contribution is 5.34. The second-order valence-corrected chi connectivity index (χ2v) is 5.02. The van der Waals surface area contributed by atoms with Gasteiger partial charge in [-0.1, -0.05) is 54.6 Å². The van der Waals surface area contributed by atoms with Gasteiger partial charge in [-0.2, -0.15) is 13.2 Å². The Morgan fingerprint density at radius 3 is 2.15 bits per heavy atom. The van der Waals surface area contributed by atoms with Crippen molar-refractivity contribution in [2.45, 2.75) is 24.9 Å². The van der Waals surface area contributed by atoms with Crippen LogP contribution in [-0.4, -0.2) is 17.9 Å². The van der Waals surface area contributed by atoms with Gasteiger partial charge in [0.25, 0.3) is 0 Å². The van der Waals surface area contributed by atoms with Crippen LogP contribution in [-0.2, 0) is 0 Å². The summed E-state index contributed by atoms with van der Waals surface area (Å²) in [4.78, 5) is 0. The van der Waals surface area contributed by atoms with Crippen molar-refractivity contribution in [2.75, 3.05) is 6.61 Å². The van der Waals surface area contributed by atoms with E-state index in [1.54, 1.807) is 12.2 Å². The molecule has 0 amide bonds. The molecule has 0 atom stereocenters. The van der Waals surface area contributed by atoms with Crippen molar-refractivity contribution in [3.8, 4) is 0 Å². The van der Waals surface area contributed by atoms with Crippen molar-refractivity contribution in [3.05, 3.63) is 60.2 Å². The van der Waals surface area contributed by atoms with Crippen LogP contribution in [0.25, 0.3) is 0 Å². The lowest BCUT2D eigenvalue weighted by Crippen LogP contribution is -2.36. The summed E-state index contributed by atoms with van der Waals surface area (Å²) in [6, 6.07) is 9.41. The molecule has 1 aromatic carbocycles. The number of halogens is 3. The third-order valence-corrected chi connectivity index (χ3v) is 3.66. The molecule has 0 fully saturated rings. The van der Waals surface area contributed by atoms with Crippen LogP contribution in [0, 0.1) is 5.41 Å². The number of hydrogen-bond donors (Lipinski definition) is 1. The van der Waals surface area contributed by atoms with E-state index in [1.165, 1.54) is 12.2 Å². The van der Waals surface area contributed by atoms with Crippen LogP contribution >= 0.6 is 0 Å². The molecule has 20 heavy (non-hydrogen) atoms. The van der Waals surface area contributed by atoms with Crippen molar-refractivity contribution in [1.82, 2.24) is 0 Å². The maximum atomic E-state index is 13.3. The molecule has 0 aromatic heterocycles. The zero-order valence-electron chi connectivity index (χ0n) is 11.0. The summed E-state index contributed by atoms with van der Waals surface area (Å²) in [7, 11) is 0. The van der Waals surface area contributed by atoms with Crippen molar-refractivity contribution in [2.24, 2.45) is 5.41 Å². The highest BCUT2D eigenvalue weighted by Gasteiger charge is 2.51. The minimum atomic E-state index is -4.34. The van der Waals surface area contributed by atoms with E-state index in [-0.39, 0.29) is 25.4 Å². The lowest BCUT2D eigenvalue weighted by Gasteiger charge is -2.33. The fourth-order valence-electron chi connectivity index (χ4n) is 2.44. The van der Waals surface area contributed by atoms with Crippen LogP contribution in [0.3, 0.4) is 0 Å². The Balaban J connectivity index is 2.22. The lowest BCUT2D eigenvalue weighted by molar-refractivity contribution is -0.192. The third kappa shape index (κ3) is 2.96. The molecule has 0 saturated carbocycles. The third-order valence-electron chi connectivity index (χ3n) is 3.66. The van der Waals surface area contributed by atoms with E-state index < -0.39 is 11.6 Å². The summed E-state index contributed by atoms with van der Waals surface area (Å²) >= 11 is 0. The van der Waals surface area contributed by atoms with Crippen LogP contribution in [0.4, 0.5) is 13.2 Å². The van der Waals surface area contributed by atoms with Gasteiger partial charge in [0.2, 0.25) is 0 Å². The summed E-state index contributed by atoms with van der Waals surface area (Å²) < 4.78 is 39.8. The van der Waals surface area contributed by atoms with Crippen molar-refractivity contribution >= 4 is 0 Å². The zero-order chi connectivity index (χ0) is 14.6. The van der Waals surface area contributed by atoms with Gasteiger partial charge in [-0.3, -0.25) is 0 Å². The molecule has 2 rings (SSSR count). The van der Waals surface area contributed by atoms with E-state index in [2.05, 4.69) is 0 Å². The molecule has 0 saturated heterocycles. The van der Waals surface area contributed by atoms with Gasteiger partial charge < -0.3 is 5.11 Å². The van der Waals surface area contributed by atoms with E-state index in [9.17, 15) is 13.2 Å². The first kappa shape index (κ1) is 14.9. The molecule has 0 radical (unpaired) electrons. The lowest BCUT2D eigenvalue weighted by atomic mass is 9.76. The fourth-order valence-corrected chi connectivity index (χ4v) is 2.44. The topological polar surface area (TPSA) is 20.2 Å². The Bertz CT molecular complexity index is 474. The molecular formula is C16H17F3O. The molecule has 0 aliphatic heterocycles. The molecule has 1 nitrogen and oxygen atoms in total. The molecule has 0 bridgehead atoms. The number of allylic oxidation sites excluding steroid dienone is 4. The highest BCUT2D eigenvalue weighted by atomic mass is 19.4. The number of aliphatic hydroxyl groups is 1. The molecule has 0 spiro atoms. The standard InChI is InChI=1S/C16H17F3O/c17-16(18,19)15(9-4-12-20)10-7-14(8-11-15)13-5-2-1-3-6-13/h1-3,5-8,10-11,14,20H,4,9,12H2. The number of rotatable bonds is 4. The molecule has 1 aromatic rings. The Kier molecular flexibility index (Phi) is 4.33. The molecule has 108 valence electrons. The SMILES string of the molecule is OCCCC1(C(F)(F)F)C=CC(c2ccccc2)C=C1. The maximum absolute atomic E-state index is 13.3. The summed E-state index contributed by atoms with van der Waals surface area (Å²) in [5.41, 5.74) is -0.973. The largest absolute Gasteiger partial charge is 0.401 e. The van der Waals surface area contributed by atoms with Crippen LogP contribution < -0.4 is 0 Å². The number of hydrogen-bond acceptors (Lipinski definition) is 1. The average molecular weight is 282 g/mol. The van der Waals surface area contributed by atoms with Gasteiger partial charge in [0.05, 0.1) is 0 Å². The molecule has 1 aliphatic rings. The van der Waals surface area contributed by atoms with Crippen LogP contribution in [0.5, 0.6) is 0 Å². The molecule has 0 heterocycles. The predicted octanol–water partition coefficient (Wildman–Crippen LogP) is 4.22. The van der Waals surface area contributed by atoms with E-state index >= 15 is 0 Å². The Labute approximate surface area is 116 Å². The Morgan fingerprint density at radius 1 is 1.05 bits per heavy atom. The quantitative estimate of drug-likeness (QED) is 0.820. The van der Waals surface area contributed by atoms with Gasteiger partial charge in [-0.05, 0) is 18.4 Å². The monoisotopic (exact) mass is 282 g/mol. The van der Waals surface area contributed by atoms with E-state index in [1.807, 2.05) is 30.3 Å². The average Bonchev–Trinajstić information content (AvgIpc) is 2.45. The summed E-state index contributed by atoms with van der Waals surface area (Å²) in [5, 5.41) is 8.79. The van der Waals surface area contributed by atoms with Gasteiger partial charge in [-0.15, -0.1) is 0 Å². The molecule has 0 unspecified atom stereocenters. The first-order valence-electron chi connectivity index (χ1n) is 6.60. The molecule has 1 aliphatic carbocycles. The van der Waals surface area contributed by atoms with Crippen molar-refractivity contribution in [1.29, 1.82) is 0 Å². The second kappa shape index (κ2) is 5.83. The zero-order valence-corrected chi connectivity index (χ0v) is 11.0. The first-order chi connectivity index (χ1) is 9.48. The number of aliphatic hydroxyl groups excluding tert-OH is 1. The van der Waals surface area contributed by atoms with Crippen molar-refractivity contribution < 1.29 is 18.3 Å². The van der Waals surface area contributed by atoms with Crippen LogP contribution in [0.15, 0.2) is 54.6 Å². The molecule has 4 heteroatoms. The van der Waals surface area contributed by atoms with Crippen molar-refractivity contribution in [3.63, 3.8) is 0 Å². The normalized spacial score (nSPS) is 25.9. The van der Waals surface area contributed by atoms with E-state index in [0.29, 0.717) is 0 Å². The summed E-state index contributed by atoms with van der Waals surface area (Å²) in [5.74, 6) is -0.124. The maximum Gasteiger partial charge on any atom is 0.401 e. The van der Waals surface area contributed by atoms with Gasteiger partial charge in [0.1, 0.15) is 5.41 Å². The molecular weight excluding hydrogens is 265 g/mol. The summed E-state index contributed by atoms with van der Waals surface area (Å²) in [6.45, 7) is -0.235. The van der Waals surface area contributed by atoms with E-state index in [0.717, 1.165) is 5.56 Å². The van der Waals surface area contributed by atoms with Gasteiger partial charge in [-0.25, -0.2) is 0 Å². The first-order valence-corrected chi connectivity index (χ1v) is 6.60. The smallest absolute Gasteiger partial charge is 0.396 e. The van der Waals surface area contributed by atoms with Gasteiger partial charge >= 0.3 is 6.18 Å². The number of benzene rings is 1. The minimum Gasteiger partial charge on any atom is -0.396 e. The number of alkyl halides is 3. The minimum absolute atomic E-state index is 0.124. The van der Waals surface area contributed by atoms with E-state index in [4.69, 9.17) is 5.11 Å². The molecule has 1 N–H and O–H groups in total. The predicted molar refractivity (Wildman–Crippen MR) is 72.3 cm³/mol. The van der Waals surface area contributed by atoms with Crippen LogP contribution in [0.1, 0.15) is 24.3 Å². The highest BCUT2D eigenvalue weighted by Crippen LogP contribution is 2.47. The fraction of sp³-hybridized carbons (Fsp3) is 0.375. The Morgan fingerprint density at radius 2 is 1.65 bits per heavy atom. The Hall–Kier alpha value is -1.55. The van der Waals surface area contributed by atoms with Gasteiger partial charge in [0.15, 0.2) is 0 Å².